The van der Waals surface area contributed by atoms with Crippen LogP contribution in [0.1, 0.15) is 26.7 Å². The van der Waals surface area contributed by atoms with Crippen molar-refractivity contribution in [2.45, 2.75) is 32.7 Å². The number of hydrogen-bond donors (Lipinski definition) is 1. The summed E-state index contributed by atoms with van der Waals surface area (Å²) in [5.41, 5.74) is 0.514. The molecule has 0 bridgehead atoms. The Kier molecular flexibility index (Phi) is 3.32. The van der Waals surface area contributed by atoms with Crippen LogP contribution in [0.3, 0.4) is 0 Å². The van der Waals surface area contributed by atoms with Gasteiger partial charge in [0.25, 0.3) is 0 Å². The van der Waals surface area contributed by atoms with Crippen molar-refractivity contribution in [1.82, 2.24) is 10.2 Å². The van der Waals surface area contributed by atoms with Gasteiger partial charge in [-0.15, -0.1) is 0 Å². The van der Waals surface area contributed by atoms with Crippen LogP contribution in [0.4, 0.5) is 9.59 Å². The predicted molar refractivity (Wildman–Crippen MR) is 65.0 cm³/mol. The zero-order valence-corrected chi connectivity index (χ0v) is 10.5. The largest absolute Gasteiger partial charge is 0.351 e. The van der Waals surface area contributed by atoms with E-state index in [0.717, 1.165) is 17.7 Å². The van der Waals surface area contributed by atoms with Gasteiger partial charge in [-0.05, 0) is 32.6 Å². The first-order valence-electron chi connectivity index (χ1n) is 6.16. The van der Waals surface area contributed by atoms with Crippen LogP contribution in [-0.2, 0) is 0 Å². The average molecular weight is 248 g/mol. The second-order valence-electron chi connectivity index (χ2n) is 4.68. The Hall–Kier alpha value is -1.90. The maximum atomic E-state index is 11.9. The highest BCUT2D eigenvalue weighted by molar-refractivity contribution is 6.05. The van der Waals surface area contributed by atoms with Crippen LogP contribution in [0, 0.1) is 23.2 Å². The second kappa shape index (κ2) is 4.77. The topological polar surface area (TPSA) is 85.6 Å². The molecule has 1 heterocycles. The third kappa shape index (κ3) is 2.08. The fourth-order valence-corrected chi connectivity index (χ4v) is 2.35. The van der Waals surface area contributed by atoms with E-state index in [4.69, 9.17) is 0 Å². The summed E-state index contributed by atoms with van der Waals surface area (Å²) in [4.78, 5) is 28.8. The lowest BCUT2D eigenvalue weighted by atomic mass is 9.90. The number of urea groups is 2. The molecular weight excluding hydrogens is 232 g/mol. The minimum Gasteiger partial charge on any atom is -0.338 e. The SMILES string of the molecule is CCNC(=O)N1C(=O)N=C(C)C(C#N)C1C1CC1. The Labute approximate surface area is 106 Å². The van der Waals surface area contributed by atoms with Gasteiger partial charge in [-0.2, -0.15) is 5.26 Å². The summed E-state index contributed by atoms with van der Waals surface area (Å²) < 4.78 is 0. The van der Waals surface area contributed by atoms with E-state index in [0.29, 0.717) is 12.3 Å². The van der Waals surface area contributed by atoms with Crippen LogP contribution < -0.4 is 5.32 Å². The first-order chi connectivity index (χ1) is 8.60. The van der Waals surface area contributed by atoms with Crippen LogP contribution in [0.15, 0.2) is 4.99 Å². The number of rotatable bonds is 2. The van der Waals surface area contributed by atoms with Crippen molar-refractivity contribution in [3.63, 3.8) is 0 Å². The average Bonchev–Trinajstić information content (AvgIpc) is 3.11. The predicted octanol–water partition coefficient (Wildman–Crippen LogP) is 1.53. The third-order valence-electron chi connectivity index (χ3n) is 3.36. The summed E-state index contributed by atoms with van der Waals surface area (Å²) >= 11 is 0. The molecule has 0 aromatic heterocycles. The molecular formula is C12H16N4O2. The van der Waals surface area contributed by atoms with Crippen LogP contribution in [0.5, 0.6) is 0 Å². The normalized spacial score (nSPS) is 27.5. The molecule has 96 valence electrons. The highest BCUT2D eigenvalue weighted by Crippen LogP contribution is 2.40. The van der Waals surface area contributed by atoms with Crippen LogP contribution in [0.25, 0.3) is 0 Å². The maximum Gasteiger partial charge on any atom is 0.351 e. The third-order valence-corrected chi connectivity index (χ3v) is 3.36. The Morgan fingerprint density at radius 3 is 2.78 bits per heavy atom. The highest BCUT2D eigenvalue weighted by atomic mass is 16.2. The second-order valence-corrected chi connectivity index (χ2v) is 4.68. The summed E-state index contributed by atoms with van der Waals surface area (Å²) in [6.45, 7) is 3.91. The van der Waals surface area contributed by atoms with E-state index >= 15 is 0 Å². The van der Waals surface area contributed by atoms with E-state index in [2.05, 4.69) is 16.4 Å². The number of aliphatic imine (C=N–C) groups is 1. The standard InChI is InChI=1S/C12H16N4O2/c1-3-14-11(17)16-10(8-4-5-8)9(6-13)7(2)15-12(16)18/h8-10H,3-5H2,1-2H3,(H,14,17). The van der Waals surface area contributed by atoms with E-state index < -0.39 is 18.0 Å². The van der Waals surface area contributed by atoms with Crippen LogP contribution in [0.2, 0.25) is 0 Å². The molecule has 1 aliphatic carbocycles. The number of nitriles is 1. The van der Waals surface area contributed by atoms with Crippen molar-refractivity contribution >= 4 is 17.8 Å². The molecule has 6 heteroatoms. The lowest BCUT2D eigenvalue weighted by molar-refractivity contribution is 0.160. The zero-order valence-electron chi connectivity index (χ0n) is 10.5. The summed E-state index contributed by atoms with van der Waals surface area (Å²) in [6, 6.07) is 0.811. The molecule has 18 heavy (non-hydrogen) atoms. The van der Waals surface area contributed by atoms with Crippen LogP contribution >= 0.6 is 0 Å². The molecule has 1 saturated carbocycles. The summed E-state index contributed by atoms with van der Waals surface area (Å²) in [5, 5.41) is 11.8. The maximum absolute atomic E-state index is 11.9. The molecule has 1 fully saturated rings. The Morgan fingerprint density at radius 2 is 2.28 bits per heavy atom. The molecule has 1 N–H and O–H groups in total. The molecule has 2 aliphatic rings. The quantitative estimate of drug-likeness (QED) is 0.804. The monoisotopic (exact) mass is 248 g/mol. The first-order valence-corrected chi connectivity index (χ1v) is 6.16. The Morgan fingerprint density at radius 1 is 1.61 bits per heavy atom. The molecule has 0 aromatic rings. The molecule has 2 unspecified atom stereocenters. The molecule has 0 radical (unpaired) electrons. The van der Waals surface area contributed by atoms with Crippen molar-refractivity contribution in [3.8, 4) is 6.07 Å². The van der Waals surface area contributed by atoms with Gasteiger partial charge in [0.1, 0.15) is 5.92 Å². The summed E-state index contributed by atoms with van der Waals surface area (Å²) in [6.07, 6.45) is 1.92. The number of carbonyl (C=O) groups is 2. The van der Waals surface area contributed by atoms with Crippen molar-refractivity contribution in [3.05, 3.63) is 0 Å². The number of hydrogen-bond acceptors (Lipinski definition) is 3. The molecule has 6 nitrogen and oxygen atoms in total. The fourth-order valence-electron chi connectivity index (χ4n) is 2.35. The molecule has 2 atom stereocenters. The summed E-state index contributed by atoms with van der Waals surface area (Å²) in [7, 11) is 0. The van der Waals surface area contributed by atoms with Crippen molar-refractivity contribution in [2.24, 2.45) is 16.8 Å². The number of nitrogens with one attached hydrogen (secondary N) is 1. The van der Waals surface area contributed by atoms with E-state index in [1.165, 1.54) is 0 Å². The Bertz CT molecular complexity index is 447. The highest BCUT2D eigenvalue weighted by Gasteiger charge is 2.48. The van der Waals surface area contributed by atoms with Crippen molar-refractivity contribution < 1.29 is 9.59 Å². The lowest BCUT2D eigenvalue weighted by Crippen LogP contribution is -2.56. The van der Waals surface area contributed by atoms with Gasteiger partial charge in [0.15, 0.2) is 0 Å². The zero-order chi connectivity index (χ0) is 13.3. The van der Waals surface area contributed by atoms with Crippen molar-refractivity contribution in [1.29, 1.82) is 5.26 Å². The number of carbonyl (C=O) groups excluding carboxylic acids is 2. The van der Waals surface area contributed by atoms with Gasteiger partial charge < -0.3 is 5.32 Å². The Balaban J connectivity index is 2.33. The molecule has 2 rings (SSSR count). The number of imide groups is 1. The molecule has 0 spiro atoms. The van der Waals surface area contributed by atoms with Gasteiger partial charge in [-0.25, -0.2) is 19.5 Å². The molecule has 0 aromatic carbocycles. The summed E-state index contributed by atoms with van der Waals surface area (Å²) in [5.74, 6) is -0.232. The van der Waals surface area contributed by atoms with E-state index in [1.54, 1.807) is 13.8 Å². The van der Waals surface area contributed by atoms with Gasteiger partial charge >= 0.3 is 12.1 Å². The smallest absolute Gasteiger partial charge is 0.338 e. The van der Waals surface area contributed by atoms with Crippen LogP contribution in [-0.4, -0.2) is 35.3 Å². The minimum absolute atomic E-state index is 0.242. The number of nitrogens with zero attached hydrogens (tertiary/aromatic N) is 3. The van der Waals surface area contributed by atoms with Gasteiger partial charge in [-0.3, -0.25) is 0 Å². The van der Waals surface area contributed by atoms with Gasteiger partial charge in [0.2, 0.25) is 0 Å². The van der Waals surface area contributed by atoms with Gasteiger partial charge in [0, 0.05) is 12.3 Å². The van der Waals surface area contributed by atoms with Crippen molar-refractivity contribution in [2.75, 3.05) is 6.54 Å². The minimum atomic E-state index is -0.554. The van der Waals surface area contributed by atoms with E-state index in [-0.39, 0.29) is 12.0 Å². The van der Waals surface area contributed by atoms with E-state index in [9.17, 15) is 14.9 Å². The fraction of sp³-hybridized carbons (Fsp3) is 0.667. The molecule has 0 saturated heterocycles. The molecule has 1 aliphatic heterocycles. The van der Waals surface area contributed by atoms with Gasteiger partial charge in [0.05, 0.1) is 12.1 Å². The lowest BCUT2D eigenvalue weighted by Gasteiger charge is -2.35. The first kappa shape index (κ1) is 12.6. The molecule has 4 amide bonds. The number of amides is 4. The van der Waals surface area contributed by atoms with E-state index in [1.807, 2.05) is 0 Å². The van der Waals surface area contributed by atoms with Gasteiger partial charge in [-0.1, -0.05) is 0 Å².